The van der Waals surface area contributed by atoms with E-state index in [-0.39, 0.29) is 5.91 Å². The summed E-state index contributed by atoms with van der Waals surface area (Å²) in [5.74, 6) is 0.266. The van der Waals surface area contributed by atoms with Crippen molar-refractivity contribution < 1.29 is 4.79 Å². The van der Waals surface area contributed by atoms with Crippen molar-refractivity contribution in [3.63, 3.8) is 0 Å². The first-order valence-corrected chi connectivity index (χ1v) is 5.98. The van der Waals surface area contributed by atoms with Crippen LogP contribution in [-0.2, 0) is 4.79 Å². The largest absolute Gasteiger partial charge is 0.342 e. The predicted molar refractivity (Wildman–Crippen MR) is 61.9 cm³/mol. The van der Waals surface area contributed by atoms with Crippen molar-refractivity contribution in [2.45, 2.75) is 20.3 Å². The number of amides is 1. The second kappa shape index (κ2) is 6.80. The molecule has 1 N–H and O–H groups in total. The van der Waals surface area contributed by atoms with Crippen LogP contribution in [0.2, 0.25) is 0 Å². The van der Waals surface area contributed by atoms with E-state index < -0.39 is 0 Å². The molecule has 88 valence electrons. The summed E-state index contributed by atoms with van der Waals surface area (Å²) in [5, 5.41) is 3.34. The van der Waals surface area contributed by atoms with Gasteiger partial charge in [-0.2, -0.15) is 0 Å². The molecule has 0 aromatic carbocycles. The summed E-state index contributed by atoms with van der Waals surface area (Å²) in [6.07, 6.45) is 1.14. The highest BCUT2D eigenvalue weighted by molar-refractivity contribution is 5.78. The van der Waals surface area contributed by atoms with Crippen LogP contribution in [0.3, 0.4) is 0 Å². The van der Waals surface area contributed by atoms with Gasteiger partial charge in [0, 0.05) is 26.2 Å². The van der Waals surface area contributed by atoms with Gasteiger partial charge in [-0.15, -0.1) is 0 Å². The molecule has 0 unspecified atom stereocenters. The summed E-state index contributed by atoms with van der Waals surface area (Å²) >= 11 is 0. The third kappa shape index (κ3) is 4.18. The normalized spacial score (nSPS) is 18.5. The fourth-order valence-corrected chi connectivity index (χ4v) is 1.93. The fourth-order valence-electron chi connectivity index (χ4n) is 1.93. The van der Waals surface area contributed by atoms with E-state index in [4.69, 9.17) is 0 Å². The van der Waals surface area contributed by atoms with E-state index in [1.165, 1.54) is 0 Å². The highest BCUT2D eigenvalue weighted by Crippen LogP contribution is 1.98. The minimum absolute atomic E-state index is 0.266. The lowest BCUT2D eigenvalue weighted by molar-refractivity contribution is -0.132. The summed E-state index contributed by atoms with van der Waals surface area (Å²) < 4.78 is 0. The lowest BCUT2D eigenvalue weighted by atomic mass is 10.3. The zero-order valence-corrected chi connectivity index (χ0v) is 9.96. The van der Waals surface area contributed by atoms with Crippen LogP contribution in [-0.4, -0.2) is 61.5 Å². The monoisotopic (exact) mass is 213 g/mol. The van der Waals surface area contributed by atoms with E-state index in [0.29, 0.717) is 6.54 Å². The van der Waals surface area contributed by atoms with E-state index in [9.17, 15) is 4.79 Å². The Morgan fingerprint density at radius 2 is 2.00 bits per heavy atom. The molecule has 1 aliphatic heterocycles. The van der Waals surface area contributed by atoms with Gasteiger partial charge in [-0.25, -0.2) is 0 Å². The number of carbonyl (C=O) groups is 1. The Bertz CT molecular complexity index is 184. The molecule has 0 aliphatic carbocycles. The zero-order valence-electron chi connectivity index (χ0n) is 9.96. The van der Waals surface area contributed by atoms with Crippen LogP contribution >= 0.6 is 0 Å². The van der Waals surface area contributed by atoms with Gasteiger partial charge in [0.25, 0.3) is 0 Å². The van der Waals surface area contributed by atoms with Crippen LogP contribution in [0, 0.1) is 0 Å². The molecular formula is C11H23N3O. The Morgan fingerprint density at radius 3 is 2.67 bits per heavy atom. The number of rotatable bonds is 4. The SMILES string of the molecule is CCN(CC)C(=O)CN1CCCNCC1. The van der Waals surface area contributed by atoms with Crippen molar-refractivity contribution >= 4 is 5.91 Å². The minimum atomic E-state index is 0.266. The smallest absolute Gasteiger partial charge is 0.236 e. The quantitative estimate of drug-likeness (QED) is 0.722. The highest BCUT2D eigenvalue weighted by atomic mass is 16.2. The van der Waals surface area contributed by atoms with E-state index in [1.54, 1.807) is 0 Å². The molecule has 4 heteroatoms. The topological polar surface area (TPSA) is 35.6 Å². The Morgan fingerprint density at radius 1 is 1.27 bits per heavy atom. The Labute approximate surface area is 92.6 Å². The van der Waals surface area contributed by atoms with Crippen LogP contribution in [0.15, 0.2) is 0 Å². The summed E-state index contributed by atoms with van der Waals surface area (Å²) in [5.41, 5.74) is 0. The van der Waals surface area contributed by atoms with Gasteiger partial charge < -0.3 is 10.2 Å². The molecule has 0 saturated carbocycles. The predicted octanol–water partition coefficient (Wildman–Crippen LogP) is 0.150. The summed E-state index contributed by atoms with van der Waals surface area (Å²) in [6.45, 7) is 10.4. The van der Waals surface area contributed by atoms with Crippen molar-refractivity contribution in [3.05, 3.63) is 0 Å². The van der Waals surface area contributed by atoms with Gasteiger partial charge in [0.15, 0.2) is 0 Å². The van der Waals surface area contributed by atoms with Crippen molar-refractivity contribution in [1.82, 2.24) is 15.1 Å². The van der Waals surface area contributed by atoms with Gasteiger partial charge >= 0.3 is 0 Å². The van der Waals surface area contributed by atoms with Crippen LogP contribution < -0.4 is 5.32 Å². The van der Waals surface area contributed by atoms with Gasteiger partial charge in [0.2, 0.25) is 5.91 Å². The molecule has 1 amide bonds. The summed E-state index contributed by atoms with van der Waals surface area (Å²) in [6, 6.07) is 0. The average Bonchev–Trinajstić information content (AvgIpc) is 2.48. The summed E-state index contributed by atoms with van der Waals surface area (Å²) in [4.78, 5) is 16.0. The third-order valence-corrected chi connectivity index (χ3v) is 2.91. The number of nitrogens with zero attached hydrogens (tertiary/aromatic N) is 2. The van der Waals surface area contributed by atoms with Gasteiger partial charge in [-0.05, 0) is 33.4 Å². The number of likely N-dealkylation sites (N-methyl/N-ethyl adjacent to an activating group) is 1. The maximum absolute atomic E-state index is 11.8. The number of nitrogens with one attached hydrogen (secondary N) is 1. The molecule has 0 aromatic heterocycles. The second-order valence-corrected chi connectivity index (χ2v) is 3.95. The molecule has 1 saturated heterocycles. The van der Waals surface area contributed by atoms with Crippen molar-refractivity contribution in [3.8, 4) is 0 Å². The lowest BCUT2D eigenvalue weighted by Crippen LogP contribution is -2.41. The van der Waals surface area contributed by atoms with Gasteiger partial charge in [0.05, 0.1) is 6.54 Å². The van der Waals surface area contributed by atoms with E-state index in [2.05, 4.69) is 10.2 Å². The molecule has 0 atom stereocenters. The molecule has 1 aliphatic rings. The molecule has 1 fully saturated rings. The van der Waals surface area contributed by atoms with Crippen molar-refractivity contribution in [1.29, 1.82) is 0 Å². The number of hydrogen-bond acceptors (Lipinski definition) is 3. The van der Waals surface area contributed by atoms with Gasteiger partial charge in [-0.3, -0.25) is 9.69 Å². The van der Waals surface area contributed by atoms with Gasteiger partial charge in [0.1, 0.15) is 0 Å². The van der Waals surface area contributed by atoms with Crippen LogP contribution in [0.25, 0.3) is 0 Å². The van der Waals surface area contributed by atoms with E-state index >= 15 is 0 Å². The fraction of sp³-hybridized carbons (Fsp3) is 0.909. The van der Waals surface area contributed by atoms with Crippen molar-refractivity contribution in [2.24, 2.45) is 0 Å². The van der Waals surface area contributed by atoms with Crippen LogP contribution in [0.5, 0.6) is 0 Å². The molecule has 0 spiro atoms. The molecule has 0 aromatic rings. The highest BCUT2D eigenvalue weighted by Gasteiger charge is 2.15. The number of carbonyl (C=O) groups excluding carboxylic acids is 1. The molecule has 0 bridgehead atoms. The van der Waals surface area contributed by atoms with Crippen LogP contribution in [0.4, 0.5) is 0 Å². The van der Waals surface area contributed by atoms with E-state index in [1.807, 2.05) is 18.7 Å². The third-order valence-electron chi connectivity index (χ3n) is 2.91. The molecule has 1 heterocycles. The van der Waals surface area contributed by atoms with Crippen LogP contribution in [0.1, 0.15) is 20.3 Å². The maximum Gasteiger partial charge on any atom is 0.236 e. The Hall–Kier alpha value is -0.610. The van der Waals surface area contributed by atoms with E-state index in [0.717, 1.165) is 45.7 Å². The average molecular weight is 213 g/mol. The Balaban J connectivity index is 2.34. The molecule has 4 nitrogen and oxygen atoms in total. The maximum atomic E-state index is 11.8. The zero-order chi connectivity index (χ0) is 11.1. The Kier molecular flexibility index (Phi) is 5.65. The first-order chi connectivity index (χ1) is 7.27. The molecule has 0 radical (unpaired) electrons. The van der Waals surface area contributed by atoms with Crippen molar-refractivity contribution in [2.75, 3.05) is 45.8 Å². The standard InChI is InChI=1S/C11H23N3O/c1-3-14(4-2)11(15)10-13-8-5-6-12-7-9-13/h12H,3-10H2,1-2H3. The van der Waals surface area contributed by atoms with Gasteiger partial charge in [-0.1, -0.05) is 0 Å². The molecular weight excluding hydrogens is 190 g/mol. The first-order valence-electron chi connectivity index (χ1n) is 5.98. The summed E-state index contributed by atoms with van der Waals surface area (Å²) in [7, 11) is 0. The first kappa shape index (κ1) is 12.5. The second-order valence-electron chi connectivity index (χ2n) is 3.95. The number of hydrogen-bond donors (Lipinski definition) is 1. The molecule has 1 rings (SSSR count). The lowest BCUT2D eigenvalue weighted by Gasteiger charge is -2.24. The minimum Gasteiger partial charge on any atom is -0.342 e. The molecule has 15 heavy (non-hydrogen) atoms.